The lowest BCUT2D eigenvalue weighted by molar-refractivity contribution is 0.0947. The van der Waals surface area contributed by atoms with Crippen LogP contribution in [0.25, 0.3) is 17.1 Å². The number of ether oxygens (including phenoxy) is 2. The first-order valence-corrected chi connectivity index (χ1v) is 11.9. The lowest BCUT2D eigenvalue weighted by Gasteiger charge is -2.12. The van der Waals surface area contributed by atoms with Gasteiger partial charge in [-0.2, -0.15) is 9.78 Å². The molecule has 3 N–H and O–H groups in total. The van der Waals surface area contributed by atoms with E-state index >= 15 is 0 Å². The van der Waals surface area contributed by atoms with Crippen LogP contribution in [0.5, 0.6) is 11.5 Å². The smallest absolute Gasteiger partial charge is 0.292 e. The Morgan fingerprint density at radius 2 is 1.90 bits per heavy atom. The highest BCUT2D eigenvalue weighted by atomic mass is 35.5. The molecule has 0 atom stereocenters. The maximum absolute atomic E-state index is 13.2. The van der Waals surface area contributed by atoms with E-state index < -0.39 is 5.91 Å². The van der Waals surface area contributed by atoms with Crippen molar-refractivity contribution in [2.24, 2.45) is 5.10 Å². The van der Waals surface area contributed by atoms with Crippen LogP contribution in [0.2, 0.25) is 5.02 Å². The van der Waals surface area contributed by atoms with Crippen molar-refractivity contribution in [3.63, 3.8) is 0 Å². The van der Waals surface area contributed by atoms with Crippen molar-refractivity contribution in [1.82, 2.24) is 30.7 Å². The molecular weight excluding hydrogens is 524 g/mol. The van der Waals surface area contributed by atoms with Gasteiger partial charge in [0.05, 0.1) is 13.3 Å². The summed E-state index contributed by atoms with van der Waals surface area (Å²) in [5, 5.41) is 20.2. The summed E-state index contributed by atoms with van der Waals surface area (Å²) >= 11 is 6.21. The van der Waals surface area contributed by atoms with Crippen molar-refractivity contribution in [2.45, 2.75) is 6.61 Å². The molecule has 39 heavy (non-hydrogen) atoms. The Morgan fingerprint density at radius 1 is 1.10 bits per heavy atom. The van der Waals surface area contributed by atoms with Gasteiger partial charge < -0.3 is 15.2 Å². The van der Waals surface area contributed by atoms with E-state index in [4.69, 9.17) is 26.8 Å². The molecule has 5 rings (SSSR count). The molecule has 0 aliphatic carbocycles. The van der Waals surface area contributed by atoms with Crippen LogP contribution < -0.4 is 20.6 Å². The van der Waals surface area contributed by atoms with Gasteiger partial charge in [-0.15, -0.1) is 5.10 Å². The molecule has 0 saturated heterocycles. The number of aromatic nitrogens is 5. The third kappa shape index (κ3) is 5.55. The molecule has 0 spiro atoms. The Bertz CT molecular complexity index is 1630. The summed E-state index contributed by atoms with van der Waals surface area (Å²) in [5.41, 5.74) is 10.8. The van der Waals surface area contributed by atoms with Gasteiger partial charge in [0.15, 0.2) is 17.2 Å². The number of carbonyl (C=O) groups is 1. The number of benzene rings is 3. The van der Waals surface area contributed by atoms with E-state index in [1.807, 2.05) is 36.4 Å². The van der Waals surface area contributed by atoms with Crippen molar-refractivity contribution >= 4 is 29.5 Å². The zero-order valence-corrected chi connectivity index (χ0v) is 21.2. The molecule has 0 aliphatic heterocycles. The van der Waals surface area contributed by atoms with E-state index in [0.717, 1.165) is 10.2 Å². The van der Waals surface area contributed by atoms with Gasteiger partial charge in [0.2, 0.25) is 11.6 Å². The minimum Gasteiger partial charge on any atom is -0.493 e. The predicted molar refractivity (Wildman–Crippen MR) is 143 cm³/mol. The largest absolute Gasteiger partial charge is 0.493 e. The Hall–Kier alpha value is -5.23. The van der Waals surface area contributed by atoms with Gasteiger partial charge in [-0.1, -0.05) is 65.3 Å². The predicted octanol–water partition coefficient (Wildman–Crippen LogP) is 3.90. The summed E-state index contributed by atoms with van der Waals surface area (Å²) in [6.07, 6.45) is 1.46. The number of amides is 1. The average Bonchev–Trinajstić information content (AvgIpc) is 3.59. The lowest BCUT2D eigenvalue weighted by atomic mass is 10.1. The fourth-order valence-electron chi connectivity index (χ4n) is 3.64. The molecule has 12 nitrogen and oxygen atoms in total. The van der Waals surface area contributed by atoms with Crippen molar-refractivity contribution in [3.8, 4) is 28.6 Å². The number of nitrogens with zero attached hydrogens (tertiary/aromatic N) is 6. The van der Waals surface area contributed by atoms with E-state index in [1.54, 1.807) is 36.4 Å². The number of rotatable bonds is 9. The Morgan fingerprint density at radius 3 is 2.64 bits per heavy atom. The molecule has 0 radical (unpaired) electrons. The summed E-state index contributed by atoms with van der Waals surface area (Å²) in [5.74, 6) is 0.376. The van der Waals surface area contributed by atoms with Crippen LogP contribution in [-0.2, 0) is 6.61 Å². The average molecular weight is 545 g/mol. The molecular formula is C26H21ClN8O4. The third-order valence-corrected chi connectivity index (χ3v) is 5.91. The maximum Gasteiger partial charge on any atom is 0.292 e. The first kappa shape index (κ1) is 25.4. The number of hydrazone groups is 1. The minimum absolute atomic E-state index is 0.0240. The summed E-state index contributed by atoms with van der Waals surface area (Å²) in [7, 11) is 1.53. The van der Waals surface area contributed by atoms with Crippen LogP contribution >= 0.6 is 11.6 Å². The number of halogens is 1. The van der Waals surface area contributed by atoms with Crippen molar-refractivity contribution in [3.05, 3.63) is 94.6 Å². The highest BCUT2D eigenvalue weighted by Gasteiger charge is 2.25. The SMILES string of the molecule is COc1cc(/C=N/NC(=O)c2c(-c3ccccc3)nnn2-c2nonc2N)ccc1OCc1ccccc1Cl. The number of carbonyl (C=O) groups excluding carboxylic acids is 1. The van der Waals surface area contributed by atoms with Crippen LogP contribution in [0.4, 0.5) is 5.82 Å². The third-order valence-electron chi connectivity index (χ3n) is 5.54. The number of nitrogens with one attached hydrogen (secondary N) is 1. The van der Waals surface area contributed by atoms with Crippen molar-refractivity contribution in [2.75, 3.05) is 12.8 Å². The zero-order chi connectivity index (χ0) is 27.2. The monoisotopic (exact) mass is 544 g/mol. The topological polar surface area (TPSA) is 156 Å². The molecule has 1 amide bonds. The first-order valence-electron chi connectivity index (χ1n) is 11.5. The molecule has 13 heteroatoms. The molecule has 3 aromatic carbocycles. The van der Waals surface area contributed by atoms with E-state index in [1.165, 1.54) is 13.3 Å². The molecule has 0 saturated carbocycles. The van der Waals surface area contributed by atoms with E-state index in [-0.39, 0.29) is 23.9 Å². The van der Waals surface area contributed by atoms with E-state index in [9.17, 15) is 4.79 Å². The quantitative estimate of drug-likeness (QED) is 0.207. The fraction of sp³-hybridized carbons (Fsp3) is 0.0769. The van der Waals surface area contributed by atoms with E-state index in [0.29, 0.717) is 33.3 Å². The Labute approximate surface area is 226 Å². The molecule has 0 unspecified atom stereocenters. The molecule has 2 heterocycles. The summed E-state index contributed by atoms with van der Waals surface area (Å²) in [6, 6.07) is 21.7. The van der Waals surface area contributed by atoms with Gasteiger partial charge in [-0.3, -0.25) is 4.79 Å². The highest BCUT2D eigenvalue weighted by Crippen LogP contribution is 2.29. The fourth-order valence-corrected chi connectivity index (χ4v) is 3.83. The van der Waals surface area contributed by atoms with Gasteiger partial charge in [0, 0.05) is 16.1 Å². The molecule has 5 aromatic rings. The molecule has 0 bridgehead atoms. The second-order valence-electron chi connectivity index (χ2n) is 8.03. The number of anilines is 1. The number of methoxy groups -OCH3 is 1. The second-order valence-corrected chi connectivity index (χ2v) is 8.43. The van der Waals surface area contributed by atoms with Gasteiger partial charge in [-0.25, -0.2) is 10.1 Å². The van der Waals surface area contributed by atoms with Crippen LogP contribution in [0, 0.1) is 0 Å². The Balaban J connectivity index is 1.34. The highest BCUT2D eigenvalue weighted by molar-refractivity contribution is 6.31. The lowest BCUT2D eigenvalue weighted by Crippen LogP contribution is -2.22. The molecule has 0 aliphatic rings. The van der Waals surface area contributed by atoms with Gasteiger partial charge in [0.1, 0.15) is 12.3 Å². The van der Waals surface area contributed by atoms with Crippen molar-refractivity contribution in [1.29, 1.82) is 0 Å². The molecule has 0 fully saturated rings. The minimum atomic E-state index is -0.607. The first-order chi connectivity index (χ1) is 19.0. The normalized spacial score (nSPS) is 11.0. The van der Waals surface area contributed by atoms with Gasteiger partial charge >= 0.3 is 0 Å². The summed E-state index contributed by atoms with van der Waals surface area (Å²) in [4.78, 5) is 13.2. The maximum atomic E-state index is 13.2. The summed E-state index contributed by atoms with van der Waals surface area (Å²) in [6.45, 7) is 0.274. The standard InChI is InChI=1S/C26H21ClN8O4/c1-37-21-13-16(11-12-20(21)38-15-18-9-5-6-10-19(18)27)14-29-31-26(36)23-22(17-7-3-2-4-8-17)30-34-35(23)25-24(28)32-39-33-25/h2-14H,15H2,1H3,(H2,28,32)(H,31,36)/b29-14+. The molecule has 2 aromatic heterocycles. The van der Waals surface area contributed by atoms with Crippen LogP contribution in [0.3, 0.4) is 0 Å². The van der Waals surface area contributed by atoms with Crippen LogP contribution in [0.15, 0.2) is 82.5 Å². The number of hydrogen-bond acceptors (Lipinski definition) is 10. The van der Waals surface area contributed by atoms with Gasteiger partial charge in [0.25, 0.3) is 5.91 Å². The second kappa shape index (κ2) is 11.4. The van der Waals surface area contributed by atoms with E-state index in [2.05, 4.69) is 35.8 Å². The number of nitrogens with two attached hydrogens (primary N) is 1. The van der Waals surface area contributed by atoms with Crippen LogP contribution in [0.1, 0.15) is 21.6 Å². The van der Waals surface area contributed by atoms with Crippen LogP contribution in [-0.4, -0.2) is 44.5 Å². The van der Waals surface area contributed by atoms with Gasteiger partial charge in [-0.05, 0) is 40.1 Å². The number of hydrogen-bond donors (Lipinski definition) is 2. The van der Waals surface area contributed by atoms with Crippen molar-refractivity contribution < 1.29 is 18.9 Å². The zero-order valence-electron chi connectivity index (χ0n) is 20.5. The summed E-state index contributed by atoms with van der Waals surface area (Å²) < 4.78 is 17.2. The Kier molecular flexibility index (Phi) is 7.46. The molecule has 196 valence electrons. The number of nitrogen functional groups attached to an aromatic ring is 1.